The minimum absolute atomic E-state index is 0.0152. The Hall–Kier alpha value is -3.56. The van der Waals surface area contributed by atoms with Gasteiger partial charge in [-0.05, 0) is 38.8 Å². The molecule has 10 heteroatoms. The van der Waals surface area contributed by atoms with Crippen LogP contribution in [0.4, 0.5) is 19.3 Å². The zero-order valence-electron chi connectivity index (χ0n) is 19.1. The molecule has 0 aromatic carbocycles. The lowest BCUT2D eigenvalue weighted by Gasteiger charge is -2.23. The van der Waals surface area contributed by atoms with Crippen LogP contribution in [0.5, 0.6) is 0 Å². The van der Waals surface area contributed by atoms with Gasteiger partial charge in [0.1, 0.15) is 5.60 Å². The standard InChI is InChI=1S/C23H29F2N5O3/c1-7-9-17(29-22(32)33-23(4,5)6)15-10-16(12-26-11-15)19-18(13-27-30(19)21(24)25)28-20(31)14(3)8-2/h7-8,10-14,17,21H,1-2,9H2,3-6H3,(H,28,31)(H,29,32)/t14-,17+/m1/s1. The summed E-state index contributed by atoms with van der Waals surface area (Å²) in [4.78, 5) is 28.7. The fourth-order valence-corrected chi connectivity index (χ4v) is 2.92. The van der Waals surface area contributed by atoms with Crippen LogP contribution in [0, 0.1) is 5.92 Å². The Kier molecular flexibility index (Phi) is 8.44. The summed E-state index contributed by atoms with van der Waals surface area (Å²) < 4.78 is 33.1. The van der Waals surface area contributed by atoms with Gasteiger partial charge in [-0.3, -0.25) is 9.78 Å². The maximum atomic E-state index is 13.7. The Morgan fingerprint density at radius 2 is 1.94 bits per heavy atom. The highest BCUT2D eigenvalue weighted by Crippen LogP contribution is 2.33. The molecule has 0 saturated heterocycles. The van der Waals surface area contributed by atoms with Gasteiger partial charge in [0.2, 0.25) is 5.91 Å². The van der Waals surface area contributed by atoms with E-state index < -0.39 is 36.1 Å². The van der Waals surface area contributed by atoms with Crippen LogP contribution in [-0.4, -0.2) is 32.4 Å². The first-order valence-electron chi connectivity index (χ1n) is 10.3. The first kappa shape index (κ1) is 25.7. The van der Waals surface area contributed by atoms with Crippen LogP contribution in [0.25, 0.3) is 11.3 Å². The number of alkyl carbamates (subject to hydrolysis) is 1. The molecular formula is C23H29F2N5O3. The first-order chi connectivity index (χ1) is 15.5. The van der Waals surface area contributed by atoms with Crippen molar-refractivity contribution in [2.75, 3.05) is 5.32 Å². The van der Waals surface area contributed by atoms with E-state index in [9.17, 15) is 18.4 Å². The third-order valence-electron chi connectivity index (χ3n) is 4.53. The topological polar surface area (TPSA) is 98.1 Å². The minimum atomic E-state index is -2.95. The highest BCUT2D eigenvalue weighted by Gasteiger charge is 2.24. The lowest BCUT2D eigenvalue weighted by Crippen LogP contribution is -2.34. The van der Waals surface area contributed by atoms with Crippen LogP contribution in [0.15, 0.2) is 50.0 Å². The van der Waals surface area contributed by atoms with Crippen LogP contribution in [0.3, 0.4) is 0 Å². The summed E-state index contributed by atoms with van der Waals surface area (Å²) in [5, 5.41) is 9.07. The Morgan fingerprint density at radius 1 is 1.24 bits per heavy atom. The zero-order valence-corrected chi connectivity index (χ0v) is 19.1. The molecule has 0 aliphatic carbocycles. The van der Waals surface area contributed by atoms with Crippen LogP contribution >= 0.6 is 0 Å². The number of hydrogen-bond acceptors (Lipinski definition) is 5. The normalized spacial score (nSPS) is 13.2. The SMILES string of the molecule is C=CC[C@H](NC(=O)OC(C)(C)C)c1cncc(-c2c(NC(=O)[C@H](C)C=C)cnn2C(F)F)c1. The lowest BCUT2D eigenvalue weighted by molar-refractivity contribution is -0.118. The summed E-state index contributed by atoms with van der Waals surface area (Å²) in [7, 11) is 0. The number of ether oxygens (including phenoxy) is 1. The van der Waals surface area contributed by atoms with Crippen LogP contribution in [-0.2, 0) is 9.53 Å². The van der Waals surface area contributed by atoms with E-state index in [1.807, 2.05) is 0 Å². The molecule has 0 spiro atoms. The van der Waals surface area contributed by atoms with Gasteiger partial charge in [-0.1, -0.05) is 19.1 Å². The lowest BCUT2D eigenvalue weighted by atomic mass is 10.0. The number of pyridine rings is 1. The third-order valence-corrected chi connectivity index (χ3v) is 4.53. The highest BCUT2D eigenvalue weighted by molar-refractivity contribution is 5.96. The van der Waals surface area contributed by atoms with Crippen molar-refractivity contribution in [1.82, 2.24) is 20.1 Å². The summed E-state index contributed by atoms with van der Waals surface area (Å²) >= 11 is 0. The number of halogens is 2. The Balaban J connectivity index is 2.45. The average molecular weight is 462 g/mol. The van der Waals surface area contributed by atoms with Crippen LogP contribution < -0.4 is 10.6 Å². The molecule has 0 bridgehead atoms. The van der Waals surface area contributed by atoms with Gasteiger partial charge in [0.05, 0.1) is 29.5 Å². The quantitative estimate of drug-likeness (QED) is 0.498. The van der Waals surface area contributed by atoms with Crippen molar-refractivity contribution in [3.63, 3.8) is 0 Å². The monoisotopic (exact) mass is 461 g/mol. The molecule has 33 heavy (non-hydrogen) atoms. The molecule has 0 radical (unpaired) electrons. The first-order valence-corrected chi connectivity index (χ1v) is 10.3. The molecular weight excluding hydrogens is 432 g/mol. The summed E-state index contributed by atoms with van der Waals surface area (Å²) in [6, 6.07) is 1.03. The smallest absolute Gasteiger partial charge is 0.408 e. The second-order valence-corrected chi connectivity index (χ2v) is 8.37. The highest BCUT2D eigenvalue weighted by atomic mass is 19.3. The zero-order chi connectivity index (χ0) is 24.8. The number of nitrogens with one attached hydrogen (secondary N) is 2. The van der Waals surface area contributed by atoms with Gasteiger partial charge < -0.3 is 15.4 Å². The van der Waals surface area contributed by atoms with E-state index in [1.165, 1.54) is 18.5 Å². The molecule has 0 fully saturated rings. The summed E-state index contributed by atoms with van der Waals surface area (Å²) in [6.45, 7) is 11.2. The fourth-order valence-electron chi connectivity index (χ4n) is 2.92. The molecule has 2 N–H and O–H groups in total. The van der Waals surface area contributed by atoms with Crippen molar-refractivity contribution in [3.8, 4) is 11.3 Å². The molecule has 8 nitrogen and oxygen atoms in total. The van der Waals surface area contributed by atoms with Gasteiger partial charge in [0.25, 0.3) is 0 Å². The number of nitrogens with zero attached hydrogens (tertiary/aromatic N) is 3. The summed E-state index contributed by atoms with van der Waals surface area (Å²) in [6.07, 6.45) is 6.81. The van der Waals surface area contributed by atoms with Crippen LogP contribution in [0.1, 0.15) is 52.3 Å². The molecule has 0 saturated carbocycles. The van der Waals surface area contributed by atoms with Gasteiger partial charge >= 0.3 is 12.6 Å². The van der Waals surface area contributed by atoms with E-state index in [1.54, 1.807) is 39.8 Å². The molecule has 2 rings (SSSR count). The maximum Gasteiger partial charge on any atom is 0.408 e. The van der Waals surface area contributed by atoms with Gasteiger partial charge in [0.15, 0.2) is 0 Å². The van der Waals surface area contributed by atoms with E-state index >= 15 is 0 Å². The summed E-state index contributed by atoms with van der Waals surface area (Å²) in [5.41, 5.74) is 0.221. The van der Waals surface area contributed by atoms with Crippen molar-refractivity contribution in [3.05, 3.63) is 55.5 Å². The molecule has 178 valence electrons. The number of hydrogen-bond donors (Lipinski definition) is 2. The Labute approximate surface area is 191 Å². The molecule has 2 atom stereocenters. The molecule has 2 aromatic heterocycles. The van der Waals surface area contributed by atoms with Crippen LogP contribution in [0.2, 0.25) is 0 Å². The Morgan fingerprint density at radius 3 is 2.52 bits per heavy atom. The predicted octanol–water partition coefficient (Wildman–Crippen LogP) is 5.24. The van der Waals surface area contributed by atoms with Crippen molar-refractivity contribution < 1.29 is 23.1 Å². The van der Waals surface area contributed by atoms with Crippen molar-refractivity contribution >= 4 is 17.7 Å². The number of anilines is 1. The minimum Gasteiger partial charge on any atom is -0.444 e. The number of carbonyl (C=O) groups is 2. The number of amides is 2. The summed E-state index contributed by atoms with van der Waals surface area (Å²) in [5.74, 6) is -0.951. The second-order valence-electron chi connectivity index (χ2n) is 8.37. The van der Waals surface area contributed by atoms with Crippen molar-refractivity contribution in [2.24, 2.45) is 5.92 Å². The predicted molar refractivity (Wildman–Crippen MR) is 122 cm³/mol. The van der Waals surface area contributed by atoms with Crippen molar-refractivity contribution in [2.45, 2.75) is 52.3 Å². The van der Waals surface area contributed by atoms with Gasteiger partial charge in [-0.2, -0.15) is 13.9 Å². The van der Waals surface area contributed by atoms with E-state index in [4.69, 9.17) is 4.74 Å². The number of alkyl halides is 2. The maximum absolute atomic E-state index is 13.7. The largest absolute Gasteiger partial charge is 0.444 e. The molecule has 0 aliphatic heterocycles. The van der Waals surface area contributed by atoms with Crippen molar-refractivity contribution in [1.29, 1.82) is 0 Å². The molecule has 2 aromatic rings. The second kappa shape index (κ2) is 10.8. The van der Waals surface area contributed by atoms with E-state index in [0.29, 0.717) is 16.7 Å². The average Bonchev–Trinajstić information content (AvgIpc) is 3.15. The van der Waals surface area contributed by atoms with E-state index in [0.717, 1.165) is 6.20 Å². The molecule has 0 aliphatic rings. The molecule has 2 heterocycles. The van der Waals surface area contributed by atoms with Gasteiger partial charge in [-0.25, -0.2) is 9.48 Å². The number of aromatic nitrogens is 3. The van der Waals surface area contributed by atoms with E-state index in [-0.39, 0.29) is 16.9 Å². The molecule has 2 amide bonds. The van der Waals surface area contributed by atoms with Gasteiger partial charge in [-0.15, -0.1) is 13.2 Å². The molecule has 0 unspecified atom stereocenters. The van der Waals surface area contributed by atoms with Gasteiger partial charge in [0, 0.05) is 18.0 Å². The Bertz CT molecular complexity index is 1010. The fraction of sp³-hybridized carbons (Fsp3) is 0.391. The number of rotatable bonds is 9. The number of carbonyl (C=O) groups excluding carboxylic acids is 2. The third kappa shape index (κ3) is 6.96. The van der Waals surface area contributed by atoms with E-state index in [2.05, 4.69) is 33.9 Å².